The second kappa shape index (κ2) is 3.94. The van der Waals surface area contributed by atoms with Crippen LogP contribution in [0.5, 0.6) is 0 Å². The number of nitrogens with one attached hydrogen (secondary N) is 3. The monoisotopic (exact) mass is 256 g/mol. The fourth-order valence-corrected chi connectivity index (χ4v) is 2.05. The van der Waals surface area contributed by atoms with Crippen molar-refractivity contribution in [1.82, 2.24) is 19.9 Å². The highest BCUT2D eigenvalue weighted by Gasteiger charge is 2.11. The topological polar surface area (TPSA) is 94.4 Å². The molecule has 0 aliphatic rings. The van der Waals surface area contributed by atoms with Gasteiger partial charge in [0.1, 0.15) is 11.3 Å². The van der Waals surface area contributed by atoms with Crippen LogP contribution in [-0.4, -0.2) is 19.9 Å². The van der Waals surface area contributed by atoms with Gasteiger partial charge in [-0.2, -0.15) is 0 Å². The molecule has 3 rings (SSSR count). The molecule has 6 nitrogen and oxygen atoms in total. The highest BCUT2D eigenvalue weighted by molar-refractivity contribution is 5.75. The SMILES string of the molecule is Cc1ccc(C)c(-c2nc3[nH]c(=O)[nH]c(=O)c3[nH]2)c1. The molecular weight excluding hydrogens is 244 g/mol. The summed E-state index contributed by atoms with van der Waals surface area (Å²) in [5.74, 6) is 0.573. The van der Waals surface area contributed by atoms with Gasteiger partial charge in [-0.15, -0.1) is 0 Å². The number of benzene rings is 1. The van der Waals surface area contributed by atoms with Gasteiger partial charge in [0.05, 0.1) is 0 Å². The van der Waals surface area contributed by atoms with E-state index in [1.54, 1.807) is 0 Å². The van der Waals surface area contributed by atoms with Gasteiger partial charge in [0.25, 0.3) is 5.56 Å². The summed E-state index contributed by atoms with van der Waals surface area (Å²) >= 11 is 0. The number of hydrogen-bond acceptors (Lipinski definition) is 3. The Morgan fingerprint density at radius 1 is 1.05 bits per heavy atom. The molecule has 0 radical (unpaired) electrons. The first kappa shape index (κ1) is 11.5. The predicted molar refractivity (Wildman–Crippen MR) is 72.2 cm³/mol. The Morgan fingerprint density at radius 2 is 1.84 bits per heavy atom. The van der Waals surface area contributed by atoms with Crippen molar-refractivity contribution in [3.05, 3.63) is 50.2 Å². The van der Waals surface area contributed by atoms with Crippen molar-refractivity contribution in [2.24, 2.45) is 0 Å². The summed E-state index contributed by atoms with van der Waals surface area (Å²) in [5, 5.41) is 0. The summed E-state index contributed by atoms with van der Waals surface area (Å²) in [6.07, 6.45) is 0. The molecule has 1 aromatic carbocycles. The van der Waals surface area contributed by atoms with Crippen LogP contribution < -0.4 is 11.2 Å². The minimum Gasteiger partial charge on any atom is -0.332 e. The molecule has 0 spiro atoms. The largest absolute Gasteiger partial charge is 0.332 e. The van der Waals surface area contributed by atoms with Crippen molar-refractivity contribution >= 4 is 11.2 Å². The molecule has 3 aromatic rings. The minimum absolute atomic E-state index is 0.268. The van der Waals surface area contributed by atoms with Crippen molar-refractivity contribution in [3.63, 3.8) is 0 Å². The van der Waals surface area contributed by atoms with E-state index in [-0.39, 0.29) is 11.2 Å². The second-order valence-corrected chi connectivity index (χ2v) is 4.54. The van der Waals surface area contributed by atoms with E-state index in [2.05, 4.69) is 19.9 Å². The summed E-state index contributed by atoms with van der Waals surface area (Å²) < 4.78 is 0. The van der Waals surface area contributed by atoms with Crippen LogP contribution in [0.1, 0.15) is 11.1 Å². The van der Waals surface area contributed by atoms with Crippen LogP contribution in [0.2, 0.25) is 0 Å². The molecule has 0 saturated carbocycles. The number of fused-ring (bicyclic) bond motifs is 1. The number of imidazole rings is 1. The first-order valence-corrected chi connectivity index (χ1v) is 5.84. The quantitative estimate of drug-likeness (QED) is 0.611. The lowest BCUT2D eigenvalue weighted by Crippen LogP contribution is -2.21. The summed E-state index contributed by atoms with van der Waals surface area (Å²) in [6, 6.07) is 5.99. The molecule has 19 heavy (non-hydrogen) atoms. The summed E-state index contributed by atoms with van der Waals surface area (Å²) in [6.45, 7) is 3.95. The van der Waals surface area contributed by atoms with Crippen molar-refractivity contribution in [2.75, 3.05) is 0 Å². The number of H-pyrrole nitrogens is 3. The fraction of sp³-hybridized carbons (Fsp3) is 0.154. The van der Waals surface area contributed by atoms with E-state index in [9.17, 15) is 9.59 Å². The molecule has 2 aromatic heterocycles. The fourth-order valence-electron chi connectivity index (χ4n) is 2.05. The molecule has 0 aliphatic carbocycles. The molecule has 0 bridgehead atoms. The number of rotatable bonds is 1. The first-order chi connectivity index (χ1) is 9.04. The summed E-state index contributed by atoms with van der Waals surface area (Å²) in [5.41, 5.74) is 2.57. The third-order valence-corrected chi connectivity index (χ3v) is 3.04. The van der Waals surface area contributed by atoms with E-state index < -0.39 is 11.2 Å². The Labute approximate surface area is 107 Å². The Morgan fingerprint density at radius 3 is 2.63 bits per heavy atom. The van der Waals surface area contributed by atoms with E-state index in [4.69, 9.17) is 0 Å². The molecular formula is C13H12N4O2. The molecule has 0 aliphatic heterocycles. The predicted octanol–water partition coefficient (Wildman–Crippen LogP) is 1.22. The molecule has 0 saturated heterocycles. The highest BCUT2D eigenvalue weighted by atomic mass is 16.2. The van der Waals surface area contributed by atoms with Gasteiger partial charge in [-0.25, -0.2) is 9.78 Å². The maximum atomic E-state index is 11.6. The maximum Gasteiger partial charge on any atom is 0.327 e. The van der Waals surface area contributed by atoms with Gasteiger partial charge < -0.3 is 4.98 Å². The second-order valence-electron chi connectivity index (χ2n) is 4.54. The Bertz CT molecular complexity index is 886. The molecule has 0 fully saturated rings. The van der Waals surface area contributed by atoms with Gasteiger partial charge in [-0.3, -0.25) is 14.8 Å². The van der Waals surface area contributed by atoms with Crippen molar-refractivity contribution in [2.45, 2.75) is 13.8 Å². The Kier molecular flexibility index (Phi) is 2.38. The van der Waals surface area contributed by atoms with E-state index in [1.807, 2.05) is 32.0 Å². The number of aromatic amines is 3. The lowest BCUT2D eigenvalue weighted by Gasteiger charge is -2.03. The van der Waals surface area contributed by atoms with Gasteiger partial charge >= 0.3 is 5.69 Å². The van der Waals surface area contributed by atoms with Crippen LogP contribution >= 0.6 is 0 Å². The highest BCUT2D eigenvalue weighted by Crippen LogP contribution is 2.22. The van der Waals surface area contributed by atoms with E-state index in [1.165, 1.54) is 0 Å². The van der Waals surface area contributed by atoms with Crippen LogP contribution in [-0.2, 0) is 0 Å². The molecule has 6 heteroatoms. The third-order valence-electron chi connectivity index (χ3n) is 3.04. The van der Waals surface area contributed by atoms with Gasteiger partial charge in [0, 0.05) is 5.56 Å². The van der Waals surface area contributed by atoms with Crippen molar-refractivity contribution < 1.29 is 0 Å². The van der Waals surface area contributed by atoms with Crippen LogP contribution in [0.25, 0.3) is 22.6 Å². The van der Waals surface area contributed by atoms with Gasteiger partial charge in [-0.1, -0.05) is 17.7 Å². The van der Waals surface area contributed by atoms with Crippen LogP contribution in [0.15, 0.2) is 27.8 Å². The molecule has 96 valence electrons. The lowest BCUT2D eigenvalue weighted by atomic mass is 10.1. The molecule has 0 unspecified atom stereocenters. The average molecular weight is 256 g/mol. The zero-order valence-corrected chi connectivity index (χ0v) is 10.5. The zero-order valence-electron chi connectivity index (χ0n) is 10.5. The van der Waals surface area contributed by atoms with Crippen LogP contribution in [0, 0.1) is 13.8 Å². The standard InChI is InChI=1S/C13H12N4O2/c1-6-3-4-7(2)8(5-6)10-14-9-11(15-10)16-13(19)17-12(9)18/h3-5H,1-2H3,(H3,14,15,16,17,18,19). The van der Waals surface area contributed by atoms with Gasteiger partial charge in [-0.05, 0) is 25.5 Å². The van der Waals surface area contributed by atoms with E-state index in [0.717, 1.165) is 16.7 Å². The molecule has 0 atom stereocenters. The number of aryl methyl sites for hydroxylation is 2. The van der Waals surface area contributed by atoms with Gasteiger partial charge in [0.2, 0.25) is 0 Å². The zero-order chi connectivity index (χ0) is 13.6. The van der Waals surface area contributed by atoms with Crippen LogP contribution in [0.4, 0.5) is 0 Å². The Hall–Kier alpha value is -2.63. The molecule has 2 heterocycles. The Balaban J connectivity index is 2.32. The minimum atomic E-state index is -0.559. The number of aromatic nitrogens is 4. The average Bonchev–Trinajstić information content (AvgIpc) is 2.76. The molecule has 0 amide bonds. The van der Waals surface area contributed by atoms with E-state index in [0.29, 0.717) is 5.82 Å². The third kappa shape index (κ3) is 1.87. The van der Waals surface area contributed by atoms with Gasteiger partial charge in [0.15, 0.2) is 5.65 Å². The van der Waals surface area contributed by atoms with Crippen LogP contribution in [0.3, 0.4) is 0 Å². The number of nitrogens with zero attached hydrogens (tertiary/aromatic N) is 1. The summed E-state index contributed by atoms with van der Waals surface area (Å²) in [7, 11) is 0. The van der Waals surface area contributed by atoms with E-state index >= 15 is 0 Å². The lowest BCUT2D eigenvalue weighted by molar-refractivity contribution is 1.07. The normalized spacial score (nSPS) is 11.1. The smallest absolute Gasteiger partial charge is 0.327 e. The summed E-state index contributed by atoms with van der Waals surface area (Å²) in [4.78, 5) is 34.7. The number of hydrogen-bond donors (Lipinski definition) is 3. The molecule has 3 N–H and O–H groups in total. The first-order valence-electron chi connectivity index (χ1n) is 5.84. The van der Waals surface area contributed by atoms with Crippen molar-refractivity contribution in [1.29, 1.82) is 0 Å². The van der Waals surface area contributed by atoms with Crippen molar-refractivity contribution in [3.8, 4) is 11.4 Å². The maximum absolute atomic E-state index is 11.6.